The Balaban J connectivity index is 1.55. The molecule has 0 aliphatic rings. The summed E-state index contributed by atoms with van der Waals surface area (Å²) in [5, 5.41) is 6.51. The highest BCUT2D eigenvalue weighted by atomic mass is 32.2. The lowest BCUT2D eigenvalue weighted by Gasteiger charge is -2.09. The minimum absolute atomic E-state index is 0.389. The molecule has 3 rings (SSSR count). The van der Waals surface area contributed by atoms with Crippen molar-refractivity contribution in [1.29, 1.82) is 0 Å². The summed E-state index contributed by atoms with van der Waals surface area (Å²) in [5.41, 5.74) is 1.79. The molecule has 2 aromatic carbocycles. The summed E-state index contributed by atoms with van der Waals surface area (Å²) in [7, 11) is 1.55. The van der Waals surface area contributed by atoms with Crippen LogP contribution in [0.3, 0.4) is 0 Å². The molecule has 0 atom stereocenters. The molecule has 6 nitrogen and oxygen atoms in total. The number of hydrogen-bond donors (Lipinski definition) is 2. The number of ether oxygens (including phenoxy) is 1. The Morgan fingerprint density at radius 2 is 1.88 bits per heavy atom. The van der Waals surface area contributed by atoms with E-state index in [-0.39, 0.29) is 6.03 Å². The zero-order valence-electron chi connectivity index (χ0n) is 13.4. The first-order valence-electron chi connectivity index (χ1n) is 7.46. The molecule has 1 heterocycles. The van der Waals surface area contributed by atoms with Crippen molar-refractivity contribution in [3.63, 3.8) is 0 Å². The number of urea groups is 1. The van der Waals surface area contributed by atoms with Crippen LogP contribution in [-0.2, 0) is 5.75 Å². The van der Waals surface area contributed by atoms with Gasteiger partial charge in [0.05, 0.1) is 12.8 Å². The van der Waals surface area contributed by atoms with Gasteiger partial charge >= 0.3 is 6.03 Å². The third-order valence-electron chi connectivity index (χ3n) is 3.19. The van der Waals surface area contributed by atoms with Crippen LogP contribution in [0.25, 0.3) is 0 Å². The molecule has 1 aromatic heterocycles. The molecular weight excluding hydrogens is 356 g/mol. The van der Waals surface area contributed by atoms with Crippen LogP contribution in [0.4, 0.5) is 15.6 Å². The molecule has 0 spiro atoms. The van der Waals surface area contributed by atoms with Gasteiger partial charge in [0, 0.05) is 17.3 Å². The molecule has 0 aliphatic carbocycles. The van der Waals surface area contributed by atoms with Gasteiger partial charge < -0.3 is 10.1 Å². The number of methoxy groups -OCH3 is 1. The second kappa shape index (κ2) is 8.50. The van der Waals surface area contributed by atoms with Gasteiger partial charge in [-0.25, -0.2) is 4.79 Å². The summed E-state index contributed by atoms with van der Waals surface area (Å²) in [6.07, 6.45) is 0. The van der Waals surface area contributed by atoms with Gasteiger partial charge in [-0.15, -0.1) is 0 Å². The molecule has 3 aromatic rings. The highest BCUT2D eigenvalue weighted by Crippen LogP contribution is 2.25. The topological polar surface area (TPSA) is 76.1 Å². The number of aromatic nitrogens is 2. The molecule has 0 saturated carbocycles. The van der Waals surface area contributed by atoms with Crippen molar-refractivity contribution in [2.75, 3.05) is 17.7 Å². The van der Waals surface area contributed by atoms with Gasteiger partial charge in [0.15, 0.2) is 0 Å². The van der Waals surface area contributed by atoms with Gasteiger partial charge in [0.1, 0.15) is 5.75 Å². The lowest BCUT2D eigenvalue weighted by atomic mass is 10.2. The van der Waals surface area contributed by atoms with Crippen LogP contribution in [0.2, 0.25) is 0 Å². The average Bonchev–Trinajstić information content (AvgIpc) is 3.08. The summed E-state index contributed by atoms with van der Waals surface area (Å²) in [6, 6.07) is 16.9. The lowest BCUT2D eigenvalue weighted by molar-refractivity contribution is 0.262. The van der Waals surface area contributed by atoms with Crippen LogP contribution < -0.4 is 15.4 Å². The van der Waals surface area contributed by atoms with Crippen molar-refractivity contribution in [3.05, 3.63) is 60.2 Å². The van der Waals surface area contributed by atoms with Gasteiger partial charge in [-0.05, 0) is 17.7 Å². The summed E-state index contributed by atoms with van der Waals surface area (Å²) < 4.78 is 9.45. The van der Waals surface area contributed by atoms with Gasteiger partial charge in [-0.2, -0.15) is 9.36 Å². The number of nitrogens with one attached hydrogen (secondary N) is 2. The number of nitrogens with zero attached hydrogens (tertiary/aromatic N) is 2. The molecule has 25 heavy (non-hydrogen) atoms. The van der Waals surface area contributed by atoms with E-state index in [9.17, 15) is 4.79 Å². The number of carbonyl (C=O) groups is 1. The van der Waals surface area contributed by atoms with Crippen LogP contribution in [0.1, 0.15) is 5.56 Å². The van der Waals surface area contributed by atoms with Crippen LogP contribution in [-0.4, -0.2) is 22.5 Å². The van der Waals surface area contributed by atoms with E-state index in [0.29, 0.717) is 21.7 Å². The first-order chi connectivity index (χ1) is 12.2. The van der Waals surface area contributed by atoms with E-state index in [1.807, 2.05) is 30.3 Å². The quantitative estimate of drug-likeness (QED) is 0.624. The predicted octanol–water partition coefficient (Wildman–Crippen LogP) is 4.48. The Morgan fingerprint density at radius 1 is 1.12 bits per heavy atom. The van der Waals surface area contributed by atoms with E-state index in [0.717, 1.165) is 17.3 Å². The Labute approximate surface area is 153 Å². The Hall–Kier alpha value is -2.58. The first-order valence-corrected chi connectivity index (χ1v) is 9.22. The number of anilines is 2. The monoisotopic (exact) mass is 372 g/mol. The number of thioether (sulfide) groups is 1. The number of carbonyl (C=O) groups excluding carboxylic acids is 1. The van der Waals surface area contributed by atoms with E-state index < -0.39 is 0 Å². The van der Waals surface area contributed by atoms with Gasteiger partial charge in [-0.1, -0.05) is 54.2 Å². The van der Waals surface area contributed by atoms with Gasteiger partial charge in [0.2, 0.25) is 10.3 Å². The molecule has 0 fully saturated rings. The SMILES string of the molecule is COc1ccccc1NC(=O)Nc1nc(SCc2ccccc2)ns1. The molecule has 0 saturated heterocycles. The Bertz CT molecular complexity index is 839. The highest BCUT2D eigenvalue weighted by Gasteiger charge is 2.10. The normalized spacial score (nSPS) is 10.3. The minimum atomic E-state index is -0.389. The number of benzene rings is 2. The average molecular weight is 372 g/mol. The first kappa shape index (κ1) is 17.2. The Kier molecular flexibility index (Phi) is 5.86. The van der Waals surface area contributed by atoms with Crippen LogP contribution in [0, 0.1) is 0 Å². The number of hydrogen-bond acceptors (Lipinski definition) is 6. The van der Waals surface area contributed by atoms with Crippen LogP contribution >= 0.6 is 23.3 Å². The molecule has 0 bridgehead atoms. The number of para-hydroxylation sites is 2. The maximum Gasteiger partial charge on any atom is 0.325 e. The van der Waals surface area contributed by atoms with Crippen molar-refractivity contribution in [3.8, 4) is 5.75 Å². The van der Waals surface area contributed by atoms with E-state index in [4.69, 9.17) is 4.74 Å². The molecule has 8 heteroatoms. The Morgan fingerprint density at radius 3 is 2.68 bits per heavy atom. The molecular formula is C17H16N4O2S2. The maximum absolute atomic E-state index is 12.1. The predicted molar refractivity (Wildman–Crippen MR) is 102 cm³/mol. The van der Waals surface area contributed by atoms with Crippen molar-refractivity contribution in [2.45, 2.75) is 10.9 Å². The van der Waals surface area contributed by atoms with Gasteiger partial charge in [-0.3, -0.25) is 5.32 Å². The zero-order chi connectivity index (χ0) is 17.5. The third kappa shape index (κ3) is 4.94. The fourth-order valence-electron chi connectivity index (χ4n) is 2.04. The van der Waals surface area contributed by atoms with E-state index in [1.165, 1.54) is 17.3 Å². The van der Waals surface area contributed by atoms with Crippen LogP contribution in [0.15, 0.2) is 59.8 Å². The zero-order valence-corrected chi connectivity index (χ0v) is 15.1. The number of rotatable bonds is 6. The molecule has 0 unspecified atom stereocenters. The highest BCUT2D eigenvalue weighted by molar-refractivity contribution is 7.98. The fraction of sp³-hybridized carbons (Fsp3) is 0.118. The van der Waals surface area contributed by atoms with E-state index >= 15 is 0 Å². The van der Waals surface area contributed by atoms with Crippen molar-refractivity contribution >= 4 is 40.1 Å². The second-order valence-electron chi connectivity index (χ2n) is 4.94. The smallest absolute Gasteiger partial charge is 0.325 e. The molecule has 0 radical (unpaired) electrons. The second-order valence-corrected chi connectivity index (χ2v) is 6.63. The molecule has 0 aliphatic heterocycles. The summed E-state index contributed by atoms with van der Waals surface area (Å²) in [6.45, 7) is 0. The number of amides is 2. The van der Waals surface area contributed by atoms with Crippen molar-refractivity contribution < 1.29 is 9.53 Å². The van der Waals surface area contributed by atoms with Gasteiger partial charge in [0.25, 0.3) is 0 Å². The van der Waals surface area contributed by atoms with E-state index in [2.05, 4.69) is 32.1 Å². The summed E-state index contributed by atoms with van der Waals surface area (Å²) in [4.78, 5) is 16.4. The molecule has 2 amide bonds. The van der Waals surface area contributed by atoms with Crippen LogP contribution in [0.5, 0.6) is 5.75 Å². The summed E-state index contributed by atoms with van der Waals surface area (Å²) in [5.74, 6) is 1.37. The molecule has 128 valence electrons. The molecule has 2 N–H and O–H groups in total. The largest absolute Gasteiger partial charge is 0.495 e. The van der Waals surface area contributed by atoms with E-state index in [1.54, 1.807) is 19.2 Å². The third-order valence-corrected chi connectivity index (χ3v) is 4.86. The summed E-state index contributed by atoms with van der Waals surface area (Å²) >= 11 is 2.68. The van der Waals surface area contributed by atoms with Crippen molar-refractivity contribution in [1.82, 2.24) is 9.36 Å². The fourth-order valence-corrected chi connectivity index (χ4v) is 3.54. The standard InChI is InChI=1S/C17H16N4O2S2/c1-23-14-10-6-5-9-13(14)18-15(22)19-16-20-17(21-25-16)24-11-12-7-3-2-4-8-12/h2-10H,11H2,1H3,(H2,18,19,20,21,22). The lowest BCUT2D eigenvalue weighted by Crippen LogP contribution is -2.19. The maximum atomic E-state index is 12.1. The van der Waals surface area contributed by atoms with Crippen molar-refractivity contribution in [2.24, 2.45) is 0 Å². The minimum Gasteiger partial charge on any atom is -0.495 e.